The second-order valence-electron chi connectivity index (χ2n) is 6.68. The van der Waals surface area contributed by atoms with Gasteiger partial charge in [0.15, 0.2) is 0 Å². The first-order valence-corrected chi connectivity index (χ1v) is 8.39. The average Bonchev–Trinajstić information content (AvgIpc) is 2.55. The fraction of sp³-hybridized carbons (Fsp3) is 0.588. The SMILES string of the molecule is CC(C)CNC(=O)CN1CCN(Cc2cccc([N+](=O)[O-])c2)CC1. The lowest BCUT2D eigenvalue weighted by atomic mass is 10.1. The summed E-state index contributed by atoms with van der Waals surface area (Å²) < 4.78 is 0. The van der Waals surface area contributed by atoms with Gasteiger partial charge in [-0.05, 0) is 11.5 Å². The number of hydrogen-bond donors (Lipinski definition) is 1. The normalized spacial score (nSPS) is 16.3. The number of nitrogens with one attached hydrogen (secondary N) is 1. The van der Waals surface area contributed by atoms with Crippen LogP contribution in [0.5, 0.6) is 0 Å². The van der Waals surface area contributed by atoms with Crippen molar-refractivity contribution in [3.63, 3.8) is 0 Å². The molecule has 1 aliphatic rings. The van der Waals surface area contributed by atoms with Crippen LogP contribution >= 0.6 is 0 Å². The number of non-ortho nitro benzene ring substituents is 1. The van der Waals surface area contributed by atoms with E-state index in [2.05, 4.69) is 29.0 Å². The third-order valence-corrected chi connectivity index (χ3v) is 4.07. The van der Waals surface area contributed by atoms with Crippen molar-refractivity contribution < 1.29 is 9.72 Å². The van der Waals surface area contributed by atoms with Crippen LogP contribution in [0, 0.1) is 16.0 Å². The highest BCUT2D eigenvalue weighted by Gasteiger charge is 2.19. The highest BCUT2D eigenvalue weighted by molar-refractivity contribution is 5.78. The van der Waals surface area contributed by atoms with Crippen molar-refractivity contribution in [3.05, 3.63) is 39.9 Å². The summed E-state index contributed by atoms with van der Waals surface area (Å²) in [7, 11) is 0. The summed E-state index contributed by atoms with van der Waals surface area (Å²) in [6.07, 6.45) is 0. The fourth-order valence-electron chi connectivity index (χ4n) is 2.71. The molecule has 0 spiro atoms. The molecule has 0 bridgehead atoms. The number of nitro benzene ring substituents is 1. The van der Waals surface area contributed by atoms with Crippen molar-refractivity contribution in [2.24, 2.45) is 5.92 Å². The van der Waals surface area contributed by atoms with Crippen LogP contribution < -0.4 is 5.32 Å². The monoisotopic (exact) mass is 334 g/mol. The largest absolute Gasteiger partial charge is 0.355 e. The molecule has 0 saturated carbocycles. The van der Waals surface area contributed by atoms with Gasteiger partial charge in [0.05, 0.1) is 11.5 Å². The van der Waals surface area contributed by atoms with Crippen LogP contribution in [0.25, 0.3) is 0 Å². The molecule has 7 nitrogen and oxygen atoms in total. The lowest BCUT2D eigenvalue weighted by Crippen LogP contribution is -2.49. The van der Waals surface area contributed by atoms with Gasteiger partial charge in [-0.15, -0.1) is 0 Å². The minimum atomic E-state index is -0.364. The summed E-state index contributed by atoms with van der Waals surface area (Å²) in [5.41, 5.74) is 1.08. The van der Waals surface area contributed by atoms with Gasteiger partial charge in [0, 0.05) is 51.4 Å². The van der Waals surface area contributed by atoms with E-state index >= 15 is 0 Å². The average molecular weight is 334 g/mol. The Morgan fingerprint density at radius 3 is 2.54 bits per heavy atom. The third-order valence-electron chi connectivity index (χ3n) is 4.07. The number of benzene rings is 1. The molecule has 0 aliphatic carbocycles. The van der Waals surface area contributed by atoms with E-state index in [-0.39, 0.29) is 16.5 Å². The predicted molar refractivity (Wildman–Crippen MR) is 92.7 cm³/mol. The molecule has 1 aromatic rings. The van der Waals surface area contributed by atoms with Gasteiger partial charge >= 0.3 is 0 Å². The van der Waals surface area contributed by atoms with E-state index in [0.29, 0.717) is 25.6 Å². The Hall–Kier alpha value is -1.99. The fourth-order valence-corrected chi connectivity index (χ4v) is 2.71. The summed E-state index contributed by atoms with van der Waals surface area (Å²) in [5.74, 6) is 0.538. The Kier molecular flexibility index (Phi) is 6.69. The number of rotatable bonds is 7. The van der Waals surface area contributed by atoms with E-state index in [9.17, 15) is 14.9 Å². The first-order chi connectivity index (χ1) is 11.4. The molecule has 1 saturated heterocycles. The van der Waals surface area contributed by atoms with Crippen LogP contribution in [0.1, 0.15) is 19.4 Å². The maximum atomic E-state index is 11.9. The highest BCUT2D eigenvalue weighted by atomic mass is 16.6. The molecule has 132 valence electrons. The first kappa shape index (κ1) is 18.4. The van der Waals surface area contributed by atoms with Crippen molar-refractivity contribution >= 4 is 11.6 Å². The molecule has 0 atom stereocenters. The molecule has 1 fully saturated rings. The van der Waals surface area contributed by atoms with E-state index in [1.54, 1.807) is 12.1 Å². The maximum Gasteiger partial charge on any atom is 0.269 e. The number of carbonyl (C=O) groups excluding carboxylic acids is 1. The van der Waals surface area contributed by atoms with Crippen LogP contribution in [0.2, 0.25) is 0 Å². The van der Waals surface area contributed by atoms with Gasteiger partial charge in [0.2, 0.25) is 5.91 Å². The molecule has 0 radical (unpaired) electrons. The molecule has 2 rings (SSSR count). The summed E-state index contributed by atoms with van der Waals surface area (Å²) in [5, 5.41) is 13.8. The standard InChI is InChI=1S/C17H26N4O3/c1-14(2)11-18-17(22)13-20-8-6-19(7-9-20)12-15-4-3-5-16(10-15)21(23)24/h3-5,10,14H,6-9,11-13H2,1-2H3,(H,18,22). The number of amides is 1. The molecule has 1 heterocycles. The lowest BCUT2D eigenvalue weighted by molar-refractivity contribution is -0.384. The zero-order chi connectivity index (χ0) is 17.5. The molecule has 1 N–H and O–H groups in total. The van der Waals surface area contributed by atoms with Crippen LogP contribution in [0.4, 0.5) is 5.69 Å². The zero-order valence-electron chi connectivity index (χ0n) is 14.4. The second-order valence-corrected chi connectivity index (χ2v) is 6.68. The van der Waals surface area contributed by atoms with Crippen LogP contribution in [-0.2, 0) is 11.3 Å². The van der Waals surface area contributed by atoms with Gasteiger partial charge in [0.1, 0.15) is 0 Å². The van der Waals surface area contributed by atoms with E-state index in [0.717, 1.165) is 31.7 Å². The van der Waals surface area contributed by atoms with Gasteiger partial charge in [-0.2, -0.15) is 0 Å². The van der Waals surface area contributed by atoms with Gasteiger partial charge < -0.3 is 5.32 Å². The minimum absolute atomic E-state index is 0.0795. The molecule has 7 heteroatoms. The van der Waals surface area contributed by atoms with Crippen molar-refractivity contribution in [2.45, 2.75) is 20.4 Å². The minimum Gasteiger partial charge on any atom is -0.355 e. The number of hydrogen-bond acceptors (Lipinski definition) is 5. The Labute approximate surface area is 142 Å². The smallest absolute Gasteiger partial charge is 0.269 e. The van der Waals surface area contributed by atoms with Crippen LogP contribution in [0.15, 0.2) is 24.3 Å². The lowest BCUT2D eigenvalue weighted by Gasteiger charge is -2.34. The third kappa shape index (κ3) is 5.90. The molecule has 1 aliphatic heterocycles. The second kappa shape index (κ2) is 8.75. The van der Waals surface area contributed by atoms with E-state index in [1.807, 2.05) is 6.07 Å². The number of nitro groups is 1. The summed E-state index contributed by atoms with van der Waals surface area (Å²) in [6, 6.07) is 6.78. The van der Waals surface area contributed by atoms with Crippen LogP contribution in [0.3, 0.4) is 0 Å². The van der Waals surface area contributed by atoms with Crippen molar-refractivity contribution in [1.29, 1.82) is 0 Å². The molecular formula is C17H26N4O3. The Bertz CT molecular complexity index is 569. The summed E-state index contributed by atoms with van der Waals surface area (Å²) >= 11 is 0. The quantitative estimate of drug-likeness (QED) is 0.604. The van der Waals surface area contributed by atoms with Gasteiger partial charge in [-0.1, -0.05) is 26.0 Å². The number of carbonyl (C=O) groups is 1. The van der Waals surface area contributed by atoms with Crippen molar-refractivity contribution in [2.75, 3.05) is 39.3 Å². The van der Waals surface area contributed by atoms with Crippen LogP contribution in [-0.4, -0.2) is 59.9 Å². The maximum absolute atomic E-state index is 11.9. The Morgan fingerprint density at radius 2 is 1.92 bits per heavy atom. The van der Waals surface area contributed by atoms with E-state index < -0.39 is 0 Å². The van der Waals surface area contributed by atoms with E-state index in [4.69, 9.17) is 0 Å². The predicted octanol–water partition coefficient (Wildman–Crippen LogP) is 1.48. The molecule has 0 aromatic heterocycles. The zero-order valence-corrected chi connectivity index (χ0v) is 14.4. The molecular weight excluding hydrogens is 308 g/mol. The van der Waals surface area contributed by atoms with Gasteiger partial charge in [0.25, 0.3) is 5.69 Å². The Morgan fingerprint density at radius 1 is 1.25 bits per heavy atom. The highest BCUT2D eigenvalue weighted by Crippen LogP contribution is 2.15. The number of piperazine rings is 1. The van der Waals surface area contributed by atoms with Gasteiger partial charge in [-0.25, -0.2) is 0 Å². The van der Waals surface area contributed by atoms with Gasteiger partial charge in [-0.3, -0.25) is 24.7 Å². The topological polar surface area (TPSA) is 78.7 Å². The first-order valence-electron chi connectivity index (χ1n) is 8.39. The Balaban J connectivity index is 1.75. The van der Waals surface area contributed by atoms with Crippen molar-refractivity contribution in [3.8, 4) is 0 Å². The number of nitrogens with zero attached hydrogens (tertiary/aromatic N) is 3. The molecule has 1 amide bonds. The summed E-state index contributed by atoms with van der Waals surface area (Å²) in [6.45, 7) is 9.41. The molecule has 24 heavy (non-hydrogen) atoms. The molecule has 1 aromatic carbocycles. The summed E-state index contributed by atoms with van der Waals surface area (Å²) in [4.78, 5) is 26.7. The van der Waals surface area contributed by atoms with E-state index in [1.165, 1.54) is 6.07 Å². The van der Waals surface area contributed by atoms with Crippen molar-refractivity contribution in [1.82, 2.24) is 15.1 Å². The molecule has 0 unspecified atom stereocenters.